The monoisotopic (exact) mass is 365 g/mol. The number of rotatable bonds is 4. The molecule has 1 fully saturated rings. The van der Waals surface area contributed by atoms with Gasteiger partial charge in [-0.05, 0) is 18.2 Å². The van der Waals surface area contributed by atoms with E-state index in [0.29, 0.717) is 31.1 Å². The third-order valence-electron chi connectivity index (χ3n) is 4.76. The minimum Gasteiger partial charge on any atom is -0.493 e. The van der Waals surface area contributed by atoms with Gasteiger partial charge < -0.3 is 14.7 Å². The Kier molecular flexibility index (Phi) is 4.95. The highest BCUT2D eigenvalue weighted by molar-refractivity contribution is 5.97. The van der Waals surface area contributed by atoms with E-state index in [4.69, 9.17) is 4.74 Å². The van der Waals surface area contributed by atoms with Crippen molar-refractivity contribution < 1.29 is 19.5 Å². The second-order valence-corrected chi connectivity index (χ2v) is 6.51. The molecular weight excluding hydrogens is 344 g/mol. The first-order chi connectivity index (χ1) is 13.2. The Bertz CT molecular complexity index is 976. The van der Waals surface area contributed by atoms with E-state index < -0.39 is 5.91 Å². The number of fused-ring (bicyclic) bond motifs is 1. The van der Waals surface area contributed by atoms with Crippen molar-refractivity contribution in [3.8, 4) is 5.88 Å². The lowest BCUT2D eigenvalue weighted by molar-refractivity contribution is -0.930. The second kappa shape index (κ2) is 7.69. The molecule has 27 heavy (non-hydrogen) atoms. The highest BCUT2D eigenvalue weighted by Gasteiger charge is 2.21. The van der Waals surface area contributed by atoms with Crippen LogP contribution in [-0.2, 0) is 11.4 Å². The molecule has 2 N–H and O–H groups in total. The first-order valence-electron chi connectivity index (χ1n) is 8.96. The summed E-state index contributed by atoms with van der Waals surface area (Å²) in [6, 6.07) is 16.4. The highest BCUT2D eigenvalue weighted by atomic mass is 16.5. The summed E-state index contributed by atoms with van der Waals surface area (Å²) in [6.07, 6.45) is 0. The maximum atomic E-state index is 12.2. The lowest BCUT2D eigenvalue weighted by Crippen LogP contribution is -3.13. The number of nitrogens with zero attached hydrogens (tertiary/aromatic N) is 3. The van der Waals surface area contributed by atoms with Crippen molar-refractivity contribution in [1.82, 2.24) is 4.57 Å². The van der Waals surface area contributed by atoms with Gasteiger partial charge in [-0.1, -0.05) is 36.4 Å². The van der Waals surface area contributed by atoms with Gasteiger partial charge in [-0.15, -0.1) is 10.2 Å². The van der Waals surface area contributed by atoms with Gasteiger partial charge in [0.15, 0.2) is 12.4 Å². The molecule has 0 radical (unpaired) electrons. The number of quaternary nitrogens is 1. The van der Waals surface area contributed by atoms with Crippen molar-refractivity contribution in [1.29, 1.82) is 0 Å². The Morgan fingerprint density at radius 2 is 1.78 bits per heavy atom. The van der Waals surface area contributed by atoms with Crippen LogP contribution in [0.1, 0.15) is 10.4 Å². The minimum atomic E-state index is -0.439. The lowest BCUT2D eigenvalue weighted by Gasteiger charge is -2.24. The number of ether oxygens (including phenoxy) is 1. The number of amides is 1. The number of aromatic nitrogens is 1. The zero-order chi connectivity index (χ0) is 18.6. The van der Waals surface area contributed by atoms with Crippen LogP contribution in [0, 0.1) is 0 Å². The van der Waals surface area contributed by atoms with E-state index >= 15 is 0 Å². The van der Waals surface area contributed by atoms with Crippen LogP contribution in [-0.4, -0.2) is 41.9 Å². The number of morpholine rings is 1. The molecule has 7 nitrogen and oxygen atoms in total. The van der Waals surface area contributed by atoms with Crippen molar-refractivity contribution in [3.63, 3.8) is 0 Å². The molecule has 0 spiro atoms. The van der Waals surface area contributed by atoms with Gasteiger partial charge in [0.2, 0.25) is 5.88 Å². The zero-order valence-electron chi connectivity index (χ0n) is 14.8. The molecule has 1 aliphatic rings. The smallest absolute Gasteiger partial charge is 0.295 e. The van der Waals surface area contributed by atoms with Gasteiger partial charge in [0.1, 0.15) is 13.1 Å². The van der Waals surface area contributed by atoms with E-state index in [1.54, 1.807) is 24.3 Å². The van der Waals surface area contributed by atoms with Crippen molar-refractivity contribution >= 4 is 22.5 Å². The number of carbonyl (C=O) groups excluding carboxylic acids is 1. The highest BCUT2D eigenvalue weighted by Crippen LogP contribution is 2.38. The standard InChI is InChI=1S/C20H20N4O3/c25-19(15-6-2-1-3-7-15)22-21-18-16-8-4-5-9-17(16)24(20(18)26)14-23-10-12-27-13-11-23/h1-9,26H,10-14H2/p+1. The Balaban J connectivity index is 1.67. The van der Waals surface area contributed by atoms with Gasteiger partial charge in [0.05, 0.1) is 18.7 Å². The molecule has 0 atom stereocenters. The zero-order valence-corrected chi connectivity index (χ0v) is 14.8. The summed E-state index contributed by atoms with van der Waals surface area (Å²) in [5.74, 6) is -0.412. The van der Waals surface area contributed by atoms with Gasteiger partial charge >= 0.3 is 0 Å². The molecule has 2 aromatic carbocycles. The molecule has 0 unspecified atom stereocenters. The van der Waals surface area contributed by atoms with E-state index in [2.05, 4.69) is 10.2 Å². The fourth-order valence-corrected chi connectivity index (χ4v) is 3.31. The van der Waals surface area contributed by atoms with E-state index in [9.17, 15) is 9.90 Å². The van der Waals surface area contributed by atoms with Gasteiger partial charge in [-0.25, -0.2) is 0 Å². The molecule has 1 amide bonds. The maximum Gasteiger partial charge on any atom is 0.295 e. The first kappa shape index (κ1) is 17.4. The summed E-state index contributed by atoms with van der Waals surface area (Å²) < 4.78 is 7.23. The Morgan fingerprint density at radius 1 is 1.07 bits per heavy atom. The van der Waals surface area contributed by atoms with Crippen LogP contribution >= 0.6 is 0 Å². The third kappa shape index (κ3) is 3.60. The molecule has 0 aliphatic carbocycles. The van der Waals surface area contributed by atoms with Crippen molar-refractivity contribution in [2.45, 2.75) is 6.67 Å². The largest absolute Gasteiger partial charge is 0.493 e. The number of hydrogen-bond donors (Lipinski definition) is 2. The SMILES string of the molecule is O=C(N=Nc1c(O)n(C[NH+]2CCOCC2)c2ccccc12)c1ccccc1. The average Bonchev–Trinajstić information content (AvgIpc) is 2.99. The van der Waals surface area contributed by atoms with E-state index in [1.165, 1.54) is 4.90 Å². The second-order valence-electron chi connectivity index (χ2n) is 6.51. The topological polar surface area (TPSA) is 80.6 Å². The number of hydrogen-bond acceptors (Lipinski definition) is 4. The average molecular weight is 365 g/mol. The van der Waals surface area contributed by atoms with Crippen LogP contribution in [0.2, 0.25) is 0 Å². The lowest BCUT2D eigenvalue weighted by atomic mass is 10.2. The summed E-state index contributed by atoms with van der Waals surface area (Å²) in [5.41, 5.74) is 1.65. The molecule has 2 heterocycles. The molecule has 0 saturated carbocycles. The molecule has 7 heteroatoms. The Hall–Kier alpha value is -3.03. The van der Waals surface area contributed by atoms with E-state index in [-0.39, 0.29) is 5.88 Å². The number of carbonyl (C=O) groups is 1. The Labute approximate surface area is 156 Å². The van der Waals surface area contributed by atoms with Crippen molar-refractivity contribution in [3.05, 3.63) is 60.2 Å². The molecule has 4 rings (SSSR count). The van der Waals surface area contributed by atoms with Crippen LogP contribution in [0.5, 0.6) is 5.88 Å². The van der Waals surface area contributed by atoms with Crippen molar-refractivity contribution in [2.75, 3.05) is 26.3 Å². The number of aromatic hydroxyl groups is 1. The maximum absolute atomic E-state index is 12.2. The minimum absolute atomic E-state index is 0.0276. The van der Waals surface area contributed by atoms with Crippen LogP contribution < -0.4 is 4.90 Å². The van der Waals surface area contributed by atoms with E-state index in [0.717, 1.165) is 24.0 Å². The van der Waals surface area contributed by atoms with Crippen LogP contribution in [0.25, 0.3) is 10.9 Å². The van der Waals surface area contributed by atoms with Crippen LogP contribution in [0.4, 0.5) is 5.69 Å². The molecule has 3 aromatic rings. The number of para-hydroxylation sites is 1. The van der Waals surface area contributed by atoms with Crippen LogP contribution in [0.15, 0.2) is 64.8 Å². The van der Waals surface area contributed by atoms with Gasteiger partial charge in [0, 0.05) is 10.9 Å². The van der Waals surface area contributed by atoms with Crippen molar-refractivity contribution in [2.24, 2.45) is 10.2 Å². The summed E-state index contributed by atoms with van der Waals surface area (Å²) >= 11 is 0. The van der Waals surface area contributed by atoms with Gasteiger partial charge in [0.25, 0.3) is 5.91 Å². The number of benzene rings is 2. The molecular formula is C20H21N4O3+. The van der Waals surface area contributed by atoms with E-state index in [1.807, 2.05) is 34.9 Å². The predicted molar refractivity (Wildman–Crippen MR) is 100 cm³/mol. The predicted octanol–water partition coefficient (Wildman–Crippen LogP) is 2.14. The molecule has 1 aromatic heterocycles. The summed E-state index contributed by atoms with van der Waals surface area (Å²) in [5, 5.41) is 19.5. The van der Waals surface area contributed by atoms with Gasteiger partial charge in [-0.2, -0.15) is 0 Å². The molecule has 1 saturated heterocycles. The molecule has 138 valence electrons. The summed E-state index contributed by atoms with van der Waals surface area (Å²) in [6.45, 7) is 3.81. The number of nitrogens with one attached hydrogen (secondary N) is 1. The third-order valence-corrected chi connectivity index (χ3v) is 4.76. The van der Waals surface area contributed by atoms with Crippen LogP contribution in [0.3, 0.4) is 0 Å². The summed E-state index contributed by atoms with van der Waals surface area (Å²) in [4.78, 5) is 13.5. The van der Waals surface area contributed by atoms with Gasteiger partial charge in [-0.3, -0.25) is 9.36 Å². The normalized spacial score (nSPS) is 15.6. The molecule has 1 aliphatic heterocycles. The Morgan fingerprint density at radius 3 is 2.56 bits per heavy atom. The number of azo groups is 1. The fourth-order valence-electron chi connectivity index (χ4n) is 3.31. The molecule has 0 bridgehead atoms. The quantitative estimate of drug-likeness (QED) is 0.695. The fraction of sp³-hybridized carbons (Fsp3) is 0.250. The summed E-state index contributed by atoms with van der Waals surface area (Å²) in [7, 11) is 0. The first-order valence-corrected chi connectivity index (χ1v) is 8.96.